The van der Waals surface area contributed by atoms with Crippen LogP contribution in [0, 0.1) is 0 Å². The molecule has 0 saturated carbocycles. The smallest absolute Gasteiger partial charge is 0.235 e. The van der Waals surface area contributed by atoms with Crippen LogP contribution in [0.2, 0.25) is 0 Å². The van der Waals surface area contributed by atoms with Gasteiger partial charge in [0.15, 0.2) is 6.29 Å². The molecule has 0 amide bonds. The molecule has 0 spiro atoms. The second-order valence-electron chi connectivity index (χ2n) is 4.02. The Morgan fingerprint density at radius 2 is 1.94 bits per heavy atom. The molecule has 1 aromatic heterocycles. The summed E-state index contributed by atoms with van der Waals surface area (Å²) < 4.78 is 4.98. The highest BCUT2D eigenvalue weighted by Gasteiger charge is 2.06. The number of aromatic nitrogens is 2. The molecule has 0 N–H and O–H groups in total. The number of carbonyl (C=O) groups excluding carboxylic acids is 1. The lowest BCUT2D eigenvalue weighted by molar-refractivity contribution is 0.111. The van der Waals surface area contributed by atoms with Crippen LogP contribution in [0.4, 0.5) is 0 Å². The van der Waals surface area contributed by atoms with Gasteiger partial charge in [-0.15, -0.1) is 0 Å². The fraction of sp³-hybridized carbons (Fsp3) is 0.0714. The summed E-state index contributed by atoms with van der Waals surface area (Å²) in [6, 6.07) is 14.3. The Morgan fingerprint density at radius 3 is 2.72 bits per heavy atom. The van der Waals surface area contributed by atoms with Crippen molar-refractivity contribution in [2.75, 3.05) is 0 Å². The predicted molar refractivity (Wildman–Crippen MR) is 66.4 cm³/mol. The number of carbonyl (C=O) groups is 1. The van der Waals surface area contributed by atoms with Gasteiger partial charge in [0, 0.05) is 0 Å². The molecule has 3 aromatic rings. The van der Waals surface area contributed by atoms with E-state index in [1.54, 1.807) is 0 Å². The summed E-state index contributed by atoms with van der Waals surface area (Å²) in [7, 11) is 0. The zero-order valence-electron chi connectivity index (χ0n) is 9.54. The van der Waals surface area contributed by atoms with Crippen molar-refractivity contribution in [2.45, 2.75) is 6.42 Å². The van der Waals surface area contributed by atoms with E-state index in [9.17, 15) is 4.79 Å². The Morgan fingerprint density at radius 1 is 1.11 bits per heavy atom. The van der Waals surface area contributed by atoms with Crippen molar-refractivity contribution in [1.29, 1.82) is 0 Å². The van der Waals surface area contributed by atoms with E-state index in [4.69, 9.17) is 4.52 Å². The second kappa shape index (κ2) is 4.41. The van der Waals surface area contributed by atoms with Gasteiger partial charge in [-0.3, -0.25) is 4.79 Å². The topological polar surface area (TPSA) is 56.0 Å². The largest absolute Gasteiger partial charge is 0.339 e. The van der Waals surface area contributed by atoms with Crippen LogP contribution in [-0.4, -0.2) is 16.4 Å². The molecule has 0 saturated heterocycles. The molecule has 3 rings (SSSR count). The van der Waals surface area contributed by atoms with E-state index in [0.717, 1.165) is 5.56 Å². The van der Waals surface area contributed by atoms with Crippen LogP contribution in [0.1, 0.15) is 22.1 Å². The van der Waals surface area contributed by atoms with Gasteiger partial charge in [-0.05, 0) is 16.3 Å². The third-order valence-electron chi connectivity index (χ3n) is 2.76. The van der Waals surface area contributed by atoms with Gasteiger partial charge in [-0.2, -0.15) is 4.98 Å². The highest BCUT2D eigenvalue weighted by Crippen LogP contribution is 2.17. The molecule has 0 aliphatic heterocycles. The first kappa shape index (κ1) is 10.7. The number of rotatable bonds is 3. The number of nitrogens with zero attached hydrogens (tertiary/aromatic N) is 2. The van der Waals surface area contributed by atoms with E-state index >= 15 is 0 Å². The Kier molecular flexibility index (Phi) is 2.61. The molecule has 0 aliphatic carbocycles. The summed E-state index contributed by atoms with van der Waals surface area (Å²) >= 11 is 0. The van der Waals surface area contributed by atoms with Gasteiger partial charge in [-0.25, -0.2) is 0 Å². The summed E-state index contributed by atoms with van der Waals surface area (Å²) in [6.45, 7) is 0. The molecule has 4 heteroatoms. The van der Waals surface area contributed by atoms with E-state index in [1.807, 2.05) is 18.2 Å². The van der Waals surface area contributed by atoms with Crippen LogP contribution in [0.15, 0.2) is 47.0 Å². The van der Waals surface area contributed by atoms with Crippen LogP contribution in [0.3, 0.4) is 0 Å². The quantitative estimate of drug-likeness (QED) is 0.658. The SMILES string of the molecule is O=Cc1noc(Cc2ccc3ccccc3c2)n1. The van der Waals surface area contributed by atoms with Crippen molar-refractivity contribution in [3.63, 3.8) is 0 Å². The third-order valence-corrected chi connectivity index (χ3v) is 2.76. The first-order valence-electron chi connectivity index (χ1n) is 5.60. The van der Waals surface area contributed by atoms with Gasteiger partial charge >= 0.3 is 0 Å². The van der Waals surface area contributed by atoms with E-state index < -0.39 is 0 Å². The lowest BCUT2D eigenvalue weighted by Crippen LogP contribution is -1.89. The lowest BCUT2D eigenvalue weighted by atomic mass is 10.1. The van der Waals surface area contributed by atoms with Gasteiger partial charge < -0.3 is 4.52 Å². The molecule has 88 valence electrons. The maximum Gasteiger partial charge on any atom is 0.235 e. The first-order chi connectivity index (χ1) is 8.85. The molecule has 0 fully saturated rings. The Bertz CT molecular complexity index is 704. The fourth-order valence-corrected chi connectivity index (χ4v) is 1.91. The van der Waals surface area contributed by atoms with Gasteiger partial charge in [0.25, 0.3) is 0 Å². The molecule has 0 unspecified atom stereocenters. The molecule has 4 nitrogen and oxygen atoms in total. The van der Waals surface area contributed by atoms with Crippen molar-refractivity contribution in [2.24, 2.45) is 0 Å². The van der Waals surface area contributed by atoms with E-state index in [-0.39, 0.29) is 5.82 Å². The number of benzene rings is 2. The standard InChI is InChI=1S/C14H10N2O2/c17-9-13-15-14(18-16-13)8-10-5-6-11-3-1-2-4-12(11)7-10/h1-7,9H,8H2. The highest BCUT2D eigenvalue weighted by molar-refractivity contribution is 5.83. The molecule has 1 heterocycles. The van der Waals surface area contributed by atoms with E-state index in [0.29, 0.717) is 18.6 Å². The van der Waals surface area contributed by atoms with Crippen molar-refractivity contribution in [3.8, 4) is 0 Å². The molecular weight excluding hydrogens is 228 g/mol. The molecule has 0 radical (unpaired) electrons. The number of hydrogen-bond donors (Lipinski definition) is 0. The summed E-state index contributed by atoms with van der Waals surface area (Å²) in [6.07, 6.45) is 1.11. The second-order valence-corrected chi connectivity index (χ2v) is 4.02. The summed E-state index contributed by atoms with van der Waals surface area (Å²) in [5, 5.41) is 5.91. The van der Waals surface area contributed by atoms with Gasteiger partial charge in [0.1, 0.15) is 0 Å². The van der Waals surface area contributed by atoms with Crippen molar-refractivity contribution in [3.05, 3.63) is 59.7 Å². The minimum Gasteiger partial charge on any atom is -0.339 e. The number of fused-ring (bicyclic) bond motifs is 1. The third kappa shape index (κ3) is 2.00. The van der Waals surface area contributed by atoms with Crippen LogP contribution >= 0.6 is 0 Å². The lowest BCUT2D eigenvalue weighted by Gasteiger charge is -2.00. The number of hydrogen-bond acceptors (Lipinski definition) is 4. The summed E-state index contributed by atoms with van der Waals surface area (Å²) in [4.78, 5) is 14.4. The molecule has 0 bridgehead atoms. The van der Waals surface area contributed by atoms with Gasteiger partial charge in [0.05, 0.1) is 6.42 Å². The molecule has 2 aromatic carbocycles. The van der Waals surface area contributed by atoms with Crippen molar-refractivity contribution < 1.29 is 9.32 Å². The molecular formula is C14H10N2O2. The van der Waals surface area contributed by atoms with Gasteiger partial charge in [0.2, 0.25) is 11.7 Å². The summed E-state index contributed by atoms with van der Waals surface area (Å²) in [5.74, 6) is 0.540. The Hall–Kier alpha value is -2.49. The van der Waals surface area contributed by atoms with Crippen LogP contribution in [-0.2, 0) is 6.42 Å². The fourth-order valence-electron chi connectivity index (χ4n) is 1.91. The van der Waals surface area contributed by atoms with Crippen LogP contribution < -0.4 is 0 Å². The predicted octanol–water partition coefficient (Wildman–Crippen LogP) is 2.63. The minimum atomic E-state index is 0.0887. The normalized spacial score (nSPS) is 10.7. The first-order valence-corrected chi connectivity index (χ1v) is 5.60. The van der Waals surface area contributed by atoms with Crippen LogP contribution in [0.25, 0.3) is 10.8 Å². The summed E-state index contributed by atoms with van der Waals surface area (Å²) in [5.41, 5.74) is 1.08. The zero-order valence-corrected chi connectivity index (χ0v) is 9.54. The average molecular weight is 238 g/mol. The van der Waals surface area contributed by atoms with Crippen molar-refractivity contribution in [1.82, 2.24) is 10.1 Å². The minimum absolute atomic E-state index is 0.0887. The molecule has 0 aliphatic rings. The zero-order chi connectivity index (χ0) is 12.4. The van der Waals surface area contributed by atoms with E-state index in [2.05, 4.69) is 34.4 Å². The van der Waals surface area contributed by atoms with Gasteiger partial charge in [-0.1, -0.05) is 47.6 Å². The highest BCUT2D eigenvalue weighted by atomic mass is 16.5. The van der Waals surface area contributed by atoms with E-state index in [1.165, 1.54) is 10.8 Å². The average Bonchev–Trinajstić information content (AvgIpc) is 2.86. The maximum atomic E-state index is 10.5. The van der Waals surface area contributed by atoms with Crippen molar-refractivity contribution >= 4 is 17.1 Å². The monoisotopic (exact) mass is 238 g/mol. The van der Waals surface area contributed by atoms with Crippen LogP contribution in [0.5, 0.6) is 0 Å². The molecule has 0 atom stereocenters. The Labute approximate surface area is 103 Å². The Balaban J connectivity index is 1.92. The maximum absolute atomic E-state index is 10.5. The number of aldehydes is 1. The molecule has 18 heavy (non-hydrogen) atoms.